The van der Waals surface area contributed by atoms with Gasteiger partial charge in [0, 0.05) is 37.0 Å². The van der Waals surface area contributed by atoms with Gasteiger partial charge in [0.15, 0.2) is 11.5 Å². The van der Waals surface area contributed by atoms with Crippen LogP contribution in [0, 0.1) is 5.41 Å². The van der Waals surface area contributed by atoms with Crippen molar-refractivity contribution in [3.05, 3.63) is 53.9 Å². The van der Waals surface area contributed by atoms with Crippen molar-refractivity contribution >= 4 is 17.7 Å². The van der Waals surface area contributed by atoms with Gasteiger partial charge < -0.3 is 24.3 Å². The number of carbonyl (C=O) groups is 1. The van der Waals surface area contributed by atoms with E-state index in [4.69, 9.17) is 30.5 Å². The topological polar surface area (TPSA) is 82.2 Å². The van der Waals surface area contributed by atoms with E-state index in [0.717, 1.165) is 24.9 Å². The number of nitrogens with zero attached hydrogens (tertiary/aromatic N) is 2. The zero-order chi connectivity index (χ0) is 26.3. The summed E-state index contributed by atoms with van der Waals surface area (Å²) < 4.78 is 23.0. The average Bonchev–Trinajstić information content (AvgIpc) is 2.90. The van der Waals surface area contributed by atoms with Gasteiger partial charge in [-0.2, -0.15) is 0 Å². The number of likely N-dealkylation sites (tertiary alicyclic amines) is 1. The number of alkyl carbamates (subject to hydrolysis) is 1. The molecule has 2 aliphatic heterocycles. The van der Waals surface area contributed by atoms with E-state index in [1.54, 1.807) is 12.3 Å². The lowest BCUT2D eigenvalue weighted by Crippen LogP contribution is -2.57. The Labute approximate surface area is 224 Å². The number of carbonyl (C=O) groups excluding carboxylic acids is 1. The molecule has 9 heteroatoms. The lowest BCUT2D eigenvalue weighted by Gasteiger charge is -2.48. The first-order chi connectivity index (χ1) is 17.8. The van der Waals surface area contributed by atoms with Crippen LogP contribution in [0.15, 0.2) is 42.6 Å². The summed E-state index contributed by atoms with van der Waals surface area (Å²) >= 11 is 6.42. The Bertz CT molecular complexity index is 1020. The molecule has 3 unspecified atom stereocenters. The zero-order valence-electron chi connectivity index (χ0n) is 22.0. The summed E-state index contributed by atoms with van der Waals surface area (Å²) in [5.41, 5.74) is 1.81. The number of fused-ring (bicyclic) bond motifs is 1. The van der Waals surface area contributed by atoms with Crippen LogP contribution in [0.1, 0.15) is 44.9 Å². The van der Waals surface area contributed by atoms with Gasteiger partial charge in [-0.25, -0.2) is 4.79 Å². The zero-order valence-corrected chi connectivity index (χ0v) is 22.7. The maximum absolute atomic E-state index is 12.6. The number of halogens is 1. The summed E-state index contributed by atoms with van der Waals surface area (Å²) in [4.78, 5) is 19.4. The first-order valence-electron chi connectivity index (χ1n) is 13.0. The van der Waals surface area contributed by atoms with Gasteiger partial charge in [0.25, 0.3) is 0 Å². The fourth-order valence-corrected chi connectivity index (χ4v) is 5.17. The SMILES string of the molecule is CC(C)(C)C1CC(OC(=O)NCc2cc3c(cn2)OCCO3)CCN1C(CCl)COCc1ccccc1. The third kappa shape index (κ3) is 7.72. The predicted molar refractivity (Wildman–Crippen MR) is 142 cm³/mol. The van der Waals surface area contributed by atoms with E-state index in [1.807, 2.05) is 18.2 Å². The molecular formula is C28H38ClN3O5. The molecule has 1 aromatic heterocycles. The number of benzene rings is 1. The number of piperidine rings is 1. The Morgan fingerprint density at radius 1 is 1.22 bits per heavy atom. The van der Waals surface area contributed by atoms with E-state index in [9.17, 15) is 4.79 Å². The Morgan fingerprint density at radius 2 is 1.97 bits per heavy atom. The van der Waals surface area contributed by atoms with Crippen molar-refractivity contribution in [3.63, 3.8) is 0 Å². The van der Waals surface area contributed by atoms with E-state index in [0.29, 0.717) is 49.5 Å². The van der Waals surface area contributed by atoms with Gasteiger partial charge >= 0.3 is 6.09 Å². The Kier molecular flexibility index (Phi) is 9.51. The molecule has 1 N–H and O–H groups in total. The van der Waals surface area contributed by atoms with E-state index < -0.39 is 6.09 Å². The first-order valence-corrected chi connectivity index (χ1v) is 13.5. The molecule has 37 heavy (non-hydrogen) atoms. The fourth-order valence-electron chi connectivity index (χ4n) is 4.90. The van der Waals surface area contributed by atoms with Crippen LogP contribution in [0.4, 0.5) is 4.79 Å². The molecule has 1 aromatic carbocycles. The van der Waals surface area contributed by atoms with Crippen molar-refractivity contribution in [2.75, 3.05) is 32.2 Å². The number of hydrogen-bond acceptors (Lipinski definition) is 7. The highest BCUT2D eigenvalue weighted by Gasteiger charge is 2.40. The van der Waals surface area contributed by atoms with Crippen molar-refractivity contribution in [2.45, 2.75) is 65.0 Å². The molecule has 0 aliphatic carbocycles. The highest BCUT2D eigenvalue weighted by Crippen LogP contribution is 2.35. The number of rotatable bonds is 9. The molecule has 0 radical (unpaired) electrons. The van der Waals surface area contributed by atoms with Crippen LogP contribution in [0.3, 0.4) is 0 Å². The second kappa shape index (κ2) is 12.8. The standard InChI is InChI=1S/C28H38ClN3O5/c1-28(2,3)26-14-23(9-10-32(26)22(15-29)19-34-18-20-7-5-4-6-8-20)37-27(33)31-16-21-13-24-25(17-30-21)36-12-11-35-24/h4-8,13,17,22-23,26H,9-12,14-16,18-19H2,1-3H3,(H,31,33). The maximum Gasteiger partial charge on any atom is 0.407 e. The summed E-state index contributed by atoms with van der Waals surface area (Å²) in [7, 11) is 0. The van der Waals surface area contributed by atoms with Gasteiger partial charge in [-0.05, 0) is 17.4 Å². The van der Waals surface area contributed by atoms with Crippen LogP contribution < -0.4 is 14.8 Å². The quantitative estimate of drug-likeness (QED) is 0.466. The van der Waals surface area contributed by atoms with Crippen molar-refractivity contribution in [1.82, 2.24) is 15.2 Å². The number of pyridine rings is 1. The van der Waals surface area contributed by atoms with Gasteiger partial charge in [-0.3, -0.25) is 9.88 Å². The normalized spacial score (nSPS) is 20.8. The van der Waals surface area contributed by atoms with Crippen LogP contribution in [0.25, 0.3) is 0 Å². The van der Waals surface area contributed by atoms with E-state index >= 15 is 0 Å². The Balaban J connectivity index is 1.28. The van der Waals surface area contributed by atoms with Gasteiger partial charge in [-0.15, -0.1) is 11.6 Å². The van der Waals surface area contributed by atoms with Gasteiger partial charge in [0.1, 0.15) is 19.3 Å². The molecule has 8 nitrogen and oxygen atoms in total. The number of nitrogens with one attached hydrogen (secondary N) is 1. The molecule has 2 aromatic rings. The number of hydrogen-bond donors (Lipinski definition) is 1. The van der Waals surface area contributed by atoms with Gasteiger partial charge in [0.05, 0.1) is 31.6 Å². The molecule has 3 heterocycles. The molecule has 1 fully saturated rings. The Morgan fingerprint density at radius 3 is 2.70 bits per heavy atom. The second-order valence-corrected chi connectivity index (χ2v) is 11.0. The molecule has 0 bridgehead atoms. The minimum atomic E-state index is -0.442. The van der Waals surface area contributed by atoms with E-state index in [-0.39, 0.29) is 30.1 Å². The van der Waals surface area contributed by atoms with E-state index in [1.165, 1.54) is 0 Å². The summed E-state index contributed by atoms with van der Waals surface area (Å²) in [5.74, 6) is 1.75. The minimum Gasteiger partial charge on any atom is -0.486 e. The van der Waals surface area contributed by atoms with Crippen LogP contribution in [0.2, 0.25) is 0 Å². The number of amides is 1. The molecular weight excluding hydrogens is 494 g/mol. The number of ether oxygens (including phenoxy) is 4. The van der Waals surface area contributed by atoms with Crippen LogP contribution in [-0.4, -0.2) is 66.4 Å². The molecule has 1 saturated heterocycles. The maximum atomic E-state index is 12.6. The van der Waals surface area contributed by atoms with Crippen LogP contribution in [0.5, 0.6) is 11.5 Å². The third-order valence-electron chi connectivity index (χ3n) is 6.84. The highest BCUT2D eigenvalue weighted by atomic mass is 35.5. The molecule has 0 spiro atoms. The van der Waals surface area contributed by atoms with Gasteiger partial charge in [-0.1, -0.05) is 51.1 Å². The van der Waals surface area contributed by atoms with Crippen LogP contribution in [-0.2, 0) is 22.6 Å². The summed E-state index contributed by atoms with van der Waals surface area (Å²) in [6.07, 6.45) is 2.49. The van der Waals surface area contributed by atoms with Crippen molar-refractivity contribution in [1.29, 1.82) is 0 Å². The highest BCUT2D eigenvalue weighted by molar-refractivity contribution is 6.18. The molecule has 4 rings (SSSR count). The third-order valence-corrected chi connectivity index (χ3v) is 7.19. The van der Waals surface area contributed by atoms with Gasteiger partial charge in [0.2, 0.25) is 0 Å². The molecule has 0 saturated carbocycles. The monoisotopic (exact) mass is 531 g/mol. The molecule has 3 atom stereocenters. The summed E-state index contributed by atoms with van der Waals surface area (Å²) in [6.45, 7) is 9.83. The number of alkyl halides is 1. The van der Waals surface area contributed by atoms with E-state index in [2.05, 4.69) is 48.1 Å². The van der Waals surface area contributed by atoms with Crippen molar-refractivity contribution in [2.24, 2.45) is 5.41 Å². The smallest absolute Gasteiger partial charge is 0.407 e. The number of aromatic nitrogens is 1. The second-order valence-electron chi connectivity index (χ2n) is 10.7. The Hall–Kier alpha value is -2.55. The predicted octanol–water partition coefficient (Wildman–Crippen LogP) is 4.78. The molecule has 2 aliphatic rings. The molecule has 1 amide bonds. The van der Waals surface area contributed by atoms with Crippen molar-refractivity contribution < 1.29 is 23.7 Å². The van der Waals surface area contributed by atoms with Crippen molar-refractivity contribution in [3.8, 4) is 11.5 Å². The first kappa shape index (κ1) is 27.5. The molecule has 202 valence electrons. The fraction of sp³-hybridized carbons (Fsp3) is 0.571. The summed E-state index contributed by atoms with van der Waals surface area (Å²) in [5, 5.41) is 2.82. The largest absolute Gasteiger partial charge is 0.486 e. The van der Waals surface area contributed by atoms with Crippen LogP contribution >= 0.6 is 11.6 Å². The average molecular weight is 532 g/mol. The lowest BCUT2D eigenvalue weighted by atomic mass is 9.79. The summed E-state index contributed by atoms with van der Waals surface area (Å²) in [6, 6.07) is 12.2. The lowest BCUT2D eigenvalue weighted by molar-refractivity contribution is -0.0483. The minimum absolute atomic E-state index is 0.0165.